The van der Waals surface area contributed by atoms with Crippen LogP contribution in [0.4, 0.5) is 0 Å². The summed E-state index contributed by atoms with van der Waals surface area (Å²) in [5, 5.41) is 3.92. The smallest absolute Gasteiger partial charge is 0.229 e. The summed E-state index contributed by atoms with van der Waals surface area (Å²) in [6.45, 7) is 3.18. The second-order valence-corrected chi connectivity index (χ2v) is 6.75. The fourth-order valence-corrected chi connectivity index (χ4v) is 3.70. The number of hydrogen-bond donors (Lipinski definition) is 1. The Balaban J connectivity index is 1.66. The minimum Gasteiger partial charge on any atom is -0.492 e. The molecule has 1 aromatic carbocycles. The predicted octanol–water partition coefficient (Wildman–Crippen LogP) is 2.35. The van der Waals surface area contributed by atoms with Crippen LogP contribution in [-0.4, -0.2) is 44.1 Å². The monoisotopic (exact) mass is 322 g/mol. The molecule has 120 valence electrons. The van der Waals surface area contributed by atoms with E-state index in [1.807, 2.05) is 30.1 Å². The van der Waals surface area contributed by atoms with Crippen LogP contribution in [0.2, 0.25) is 5.02 Å². The number of amides is 1. The zero-order chi connectivity index (χ0) is 15.5. The summed E-state index contributed by atoms with van der Waals surface area (Å²) >= 11 is 6.05. The van der Waals surface area contributed by atoms with E-state index in [0.29, 0.717) is 17.5 Å². The van der Waals surface area contributed by atoms with Crippen molar-refractivity contribution in [2.45, 2.75) is 19.3 Å². The van der Waals surface area contributed by atoms with Crippen LogP contribution < -0.4 is 10.1 Å². The Kier molecular flexibility index (Phi) is 4.89. The molecule has 2 aliphatic heterocycles. The lowest BCUT2D eigenvalue weighted by atomic mass is 9.92. The zero-order valence-electron chi connectivity index (χ0n) is 13.0. The Morgan fingerprint density at radius 3 is 3.18 bits per heavy atom. The Labute approximate surface area is 136 Å². The molecule has 0 bridgehead atoms. The summed E-state index contributed by atoms with van der Waals surface area (Å²) in [7, 11) is 1.97. The van der Waals surface area contributed by atoms with E-state index in [4.69, 9.17) is 16.3 Å². The molecule has 3 rings (SSSR count). The number of carbonyl (C=O) groups excluding carboxylic acids is 1. The molecule has 0 spiro atoms. The van der Waals surface area contributed by atoms with E-state index in [1.54, 1.807) is 0 Å². The van der Waals surface area contributed by atoms with E-state index >= 15 is 0 Å². The molecule has 0 radical (unpaired) electrons. The van der Waals surface area contributed by atoms with Gasteiger partial charge in [-0.2, -0.15) is 0 Å². The van der Waals surface area contributed by atoms with Crippen molar-refractivity contribution in [1.29, 1.82) is 0 Å². The molecule has 1 amide bonds. The minimum absolute atomic E-state index is 0.0840. The van der Waals surface area contributed by atoms with Gasteiger partial charge in [-0.05, 0) is 62.5 Å². The topological polar surface area (TPSA) is 41.6 Å². The first-order valence-corrected chi connectivity index (χ1v) is 8.39. The quantitative estimate of drug-likeness (QED) is 0.929. The zero-order valence-corrected chi connectivity index (χ0v) is 13.7. The molecule has 2 heterocycles. The van der Waals surface area contributed by atoms with Crippen LogP contribution >= 0.6 is 11.6 Å². The van der Waals surface area contributed by atoms with Gasteiger partial charge in [0.15, 0.2) is 0 Å². The van der Waals surface area contributed by atoms with E-state index in [0.717, 1.165) is 43.8 Å². The number of rotatable bonds is 3. The van der Waals surface area contributed by atoms with Crippen molar-refractivity contribution in [3.63, 3.8) is 0 Å². The maximum absolute atomic E-state index is 12.8. The fourth-order valence-electron chi connectivity index (χ4n) is 3.50. The molecule has 1 saturated heterocycles. The third kappa shape index (κ3) is 3.39. The molecule has 4 nitrogen and oxygen atoms in total. The molecule has 5 heteroatoms. The van der Waals surface area contributed by atoms with Crippen LogP contribution in [0.25, 0.3) is 0 Å². The van der Waals surface area contributed by atoms with Gasteiger partial charge in [0.25, 0.3) is 0 Å². The van der Waals surface area contributed by atoms with Crippen LogP contribution in [0.3, 0.4) is 0 Å². The molecule has 0 unspecified atom stereocenters. The van der Waals surface area contributed by atoms with Crippen molar-refractivity contribution in [2.24, 2.45) is 11.8 Å². The molecule has 22 heavy (non-hydrogen) atoms. The van der Waals surface area contributed by atoms with Crippen molar-refractivity contribution in [3.05, 3.63) is 28.8 Å². The van der Waals surface area contributed by atoms with E-state index < -0.39 is 0 Å². The number of nitrogens with one attached hydrogen (secondary N) is 1. The molecular formula is C17H23ClN2O2. The average molecular weight is 323 g/mol. The number of nitrogens with zero attached hydrogens (tertiary/aromatic N) is 1. The lowest BCUT2D eigenvalue weighted by Crippen LogP contribution is -2.47. The Morgan fingerprint density at radius 2 is 2.36 bits per heavy atom. The van der Waals surface area contributed by atoms with E-state index in [2.05, 4.69) is 5.32 Å². The summed E-state index contributed by atoms with van der Waals surface area (Å²) in [6, 6.07) is 5.63. The normalized spacial score (nSPS) is 24.5. The van der Waals surface area contributed by atoms with E-state index in [-0.39, 0.29) is 11.8 Å². The molecule has 0 aliphatic carbocycles. The van der Waals surface area contributed by atoms with Crippen molar-refractivity contribution in [2.75, 3.05) is 33.3 Å². The molecule has 0 aromatic heterocycles. The van der Waals surface area contributed by atoms with Gasteiger partial charge in [-0.1, -0.05) is 11.6 Å². The Hall–Kier alpha value is -1.26. The lowest BCUT2D eigenvalue weighted by Gasteiger charge is -2.36. The number of halogens is 1. The third-order valence-corrected chi connectivity index (χ3v) is 4.84. The SMILES string of the molecule is CNC[C@@H]1CCCN(C(=O)[C@@H]2COc3ccc(Cl)cc3C2)C1. The summed E-state index contributed by atoms with van der Waals surface area (Å²) in [5.41, 5.74) is 1.04. The Morgan fingerprint density at radius 1 is 1.50 bits per heavy atom. The van der Waals surface area contributed by atoms with Gasteiger partial charge in [0.1, 0.15) is 12.4 Å². The molecule has 1 N–H and O–H groups in total. The lowest BCUT2D eigenvalue weighted by molar-refractivity contribution is -0.138. The van der Waals surface area contributed by atoms with E-state index in [1.165, 1.54) is 6.42 Å². The Bertz CT molecular complexity index is 547. The van der Waals surface area contributed by atoms with Crippen LogP contribution in [0.15, 0.2) is 18.2 Å². The number of hydrogen-bond acceptors (Lipinski definition) is 3. The highest BCUT2D eigenvalue weighted by Crippen LogP contribution is 2.31. The molecule has 1 fully saturated rings. The van der Waals surface area contributed by atoms with Gasteiger partial charge in [0.2, 0.25) is 5.91 Å². The van der Waals surface area contributed by atoms with Gasteiger partial charge in [-0.25, -0.2) is 0 Å². The fraction of sp³-hybridized carbons (Fsp3) is 0.588. The van der Waals surface area contributed by atoms with Crippen molar-refractivity contribution >= 4 is 17.5 Å². The summed E-state index contributed by atoms with van der Waals surface area (Å²) < 4.78 is 5.76. The van der Waals surface area contributed by atoms with Crippen LogP contribution in [-0.2, 0) is 11.2 Å². The van der Waals surface area contributed by atoms with Gasteiger partial charge in [0.05, 0.1) is 5.92 Å². The number of benzene rings is 1. The highest BCUT2D eigenvalue weighted by Gasteiger charge is 2.32. The standard InChI is InChI=1S/C17H23ClN2O2/c1-19-9-12-3-2-6-20(10-12)17(21)14-7-13-8-15(18)4-5-16(13)22-11-14/h4-5,8,12,14,19H,2-3,6-7,9-11H2,1H3/t12-,14-/m0/s1. The van der Waals surface area contributed by atoms with Gasteiger partial charge in [-0.3, -0.25) is 4.79 Å². The third-order valence-electron chi connectivity index (χ3n) is 4.60. The van der Waals surface area contributed by atoms with Gasteiger partial charge in [0, 0.05) is 18.1 Å². The van der Waals surface area contributed by atoms with Crippen molar-refractivity contribution in [3.8, 4) is 5.75 Å². The molecule has 1 aromatic rings. The van der Waals surface area contributed by atoms with Crippen LogP contribution in [0, 0.1) is 11.8 Å². The van der Waals surface area contributed by atoms with Gasteiger partial charge < -0.3 is 15.0 Å². The number of carbonyl (C=O) groups is 1. The maximum Gasteiger partial charge on any atom is 0.229 e. The van der Waals surface area contributed by atoms with Crippen molar-refractivity contribution in [1.82, 2.24) is 10.2 Å². The summed E-state index contributed by atoms with van der Waals surface area (Å²) in [4.78, 5) is 14.8. The first-order valence-electron chi connectivity index (χ1n) is 8.02. The molecule has 2 atom stereocenters. The predicted molar refractivity (Wildman–Crippen MR) is 87.4 cm³/mol. The van der Waals surface area contributed by atoms with Crippen LogP contribution in [0.5, 0.6) is 5.75 Å². The van der Waals surface area contributed by atoms with Gasteiger partial charge in [-0.15, -0.1) is 0 Å². The summed E-state index contributed by atoms with van der Waals surface area (Å²) in [6.07, 6.45) is 3.01. The van der Waals surface area contributed by atoms with E-state index in [9.17, 15) is 4.79 Å². The second-order valence-electron chi connectivity index (χ2n) is 6.31. The number of likely N-dealkylation sites (tertiary alicyclic amines) is 1. The van der Waals surface area contributed by atoms with Gasteiger partial charge >= 0.3 is 0 Å². The second kappa shape index (κ2) is 6.88. The highest BCUT2D eigenvalue weighted by molar-refractivity contribution is 6.30. The number of piperidine rings is 1. The number of fused-ring (bicyclic) bond motifs is 1. The maximum atomic E-state index is 12.8. The highest BCUT2D eigenvalue weighted by atomic mass is 35.5. The molecule has 2 aliphatic rings. The largest absolute Gasteiger partial charge is 0.492 e. The van der Waals surface area contributed by atoms with Crippen LogP contribution in [0.1, 0.15) is 18.4 Å². The number of ether oxygens (including phenoxy) is 1. The van der Waals surface area contributed by atoms with Crippen molar-refractivity contribution < 1.29 is 9.53 Å². The first kappa shape index (κ1) is 15.6. The summed E-state index contributed by atoms with van der Waals surface area (Å²) in [5.74, 6) is 1.57. The molecular weight excluding hydrogens is 300 g/mol. The minimum atomic E-state index is -0.0840. The average Bonchev–Trinajstić information content (AvgIpc) is 2.54. The molecule has 0 saturated carbocycles. The first-order chi connectivity index (χ1) is 10.7.